The van der Waals surface area contributed by atoms with Crippen molar-refractivity contribution in [1.82, 2.24) is 10.1 Å². The van der Waals surface area contributed by atoms with Crippen LogP contribution in [0.1, 0.15) is 5.82 Å². The van der Waals surface area contributed by atoms with Gasteiger partial charge in [0.15, 0.2) is 5.82 Å². The Morgan fingerprint density at radius 3 is 2.62 bits per heavy atom. The van der Waals surface area contributed by atoms with Crippen LogP contribution in [0, 0.1) is 0 Å². The van der Waals surface area contributed by atoms with Crippen molar-refractivity contribution >= 4 is 0 Å². The van der Waals surface area contributed by atoms with Crippen LogP contribution in [-0.2, 0) is 11.3 Å². The Morgan fingerprint density at radius 2 is 2.00 bits per heavy atom. The highest BCUT2D eigenvalue weighted by Gasteiger charge is 2.16. The molecule has 84 valence electrons. The summed E-state index contributed by atoms with van der Waals surface area (Å²) < 4.78 is 9.73. The molecule has 16 heavy (non-hydrogen) atoms. The van der Waals surface area contributed by atoms with Crippen LogP contribution in [-0.4, -0.2) is 27.5 Å². The number of nitrogens with zero attached hydrogens (tertiary/aromatic N) is 2. The van der Waals surface area contributed by atoms with Crippen molar-refractivity contribution in [2.24, 2.45) is 0 Å². The summed E-state index contributed by atoms with van der Waals surface area (Å²) in [6.07, 6.45) is 0. The number of phenolic OH excluding ortho intramolecular Hbond substituents is 2. The van der Waals surface area contributed by atoms with Gasteiger partial charge in [0, 0.05) is 7.11 Å². The van der Waals surface area contributed by atoms with Crippen LogP contribution >= 0.6 is 0 Å². The first-order valence-electron chi connectivity index (χ1n) is 4.55. The molecule has 0 unspecified atom stereocenters. The number of rotatable bonds is 3. The van der Waals surface area contributed by atoms with Gasteiger partial charge in [0.05, 0.1) is 0 Å². The van der Waals surface area contributed by atoms with Gasteiger partial charge in [-0.3, -0.25) is 0 Å². The zero-order chi connectivity index (χ0) is 11.5. The average Bonchev–Trinajstić information content (AvgIpc) is 2.67. The van der Waals surface area contributed by atoms with E-state index in [0.29, 0.717) is 5.82 Å². The maximum absolute atomic E-state index is 9.56. The number of ether oxygens (including phenoxy) is 1. The number of benzene rings is 1. The highest BCUT2D eigenvalue weighted by molar-refractivity contribution is 5.69. The molecule has 0 spiro atoms. The minimum atomic E-state index is -0.118. The summed E-state index contributed by atoms with van der Waals surface area (Å²) >= 11 is 0. The van der Waals surface area contributed by atoms with E-state index in [1.165, 1.54) is 25.3 Å². The first-order valence-corrected chi connectivity index (χ1v) is 4.55. The molecule has 0 atom stereocenters. The van der Waals surface area contributed by atoms with Crippen LogP contribution in [0.5, 0.6) is 11.5 Å². The number of aromatic nitrogens is 2. The zero-order valence-electron chi connectivity index (χ0n) is 8.54. The van der Waals surface area contributed by atoms with Crippen molar-refractivity contribution in [3.63, 3.8) is 0 Å². The minimum absolute atomic E-state index is 0.0580. The second kappa shape index (κ2) is 4.19. The molecule has 0 aliphatic carbocycles. The Morgan fingerprint density at radius 1 is 1.31 bits per heavy atom. The number of phenols is 2. The molecule has 1 aromatic heterocycles. The summed E-state index contributed by atoms with van der Waals surface area (Å²) in [7, 11) is 1.51. The fourth-order valence-electron chi connectivity index (χ4n) is 1.29. The molecule has 0 bridgehead atoms. The first-order chi connectivity index (χ1) is 7.72. The van der Waals surface area contributed by atoms with Crippen LogP contribution in [0.4, 0.5) is 0 Å². The molecule has 0 radical (unpaired) electrons. The third-order valence-electron chi connectivity index (χ3n) is 1.98. The summed E-state index contributed by atoms with van der Waals surface area (Å²) in [5.74, 6) is 0.169. The molecule has 2 aromatic rings. The van der Waals surface area contributed by atoms with Gasteiger partial charge in [0.2, 0.25) is 0 Å². The largest absolute Gasteiger partial charge is 0.507 e. The number of hydrogen-bond donors (Lipinski definition) is 2. The Hall–Kier alpha value is -2.08. The highest BCUT2D eigenvalue weighted by atomic mass is 16.5. The molecule has 1 aromatic carbocycles. The van der Waals surface area contributed by atoms with Crippen molar-refractivity contribution in [3.8, 4) is 23.0 Å². The third kappa shape index (κ3) is 1.82. The molecule has 0 saturated carbocycles. The van der Waals surface area contributed by atoms with Crippen LogP contribution < -0.4 is 0 Å². The van der Waals surface area contributed by atoms with Crippen LogP contribution in [0.3, 0.4) is 0 Å². The lowest BCUT2D eigenvalue weighted by Gasteiger charge is -2.00. The molecule has 6 nitrogen and oxygen atoms in total. The fraction of sp³-hybridized carbons (Fsp3) is 0.200. The van der Waals surface area contributed by atoms with Gasteiger partial charge in [0.25, 0.3) is 5.89 Å². The smallest absolute Gasteiger partial charge is 0.265 e. The SMILES string of the molecule is COCc1noc(-c2c(O)cccc2O)n1. The summed E-state index contributed by atoms with van der Waals surface area (Å²) in [6.45, 7) is 0.206. The van der Waals surface area contributed by atoms with E-state index in [1.807, 2.05) is 0 Å². The second-order valence-corrected chi connectivity index (χ2v) is 3.12. The molecular weight excluding hydrogens is 212 g/mol. The van der Waals surface area contributed by atoms with Gasteiger partial charge >= 0.3 is 0 Å². The predicted octanol–water partition coefficient (Wildman–Crippen LogP) is 1.29. The van der Waals surface area contributed by atoms with Gasteiger partial charge in [-0.25, -0.2) is 0 Å². The van der Waals surface area contributed by atoms with Crippen molar-refractivity contribution in [3.05, 3.63) is 24.0 Å². The Balaban J connectivity index is 2.42. The standard InChI is InChI=1S/C10H10N2O4/c1-15-5-8-11-10(16-12-8)9-6(13)3-2-4-7(9)14/h2-4,13-14H,5H2,1H3. The maximum atomic E-state index is 9.56. The average molecular weight is 222 g/mol. The summed E-state index contributed by atoms with van der Waals surface area (Å²) in [5, 5.41) is 22.8. The molecule has 0 aliphatic heterocycles. The fourth-order valence-corrected chi connectivity index (χ4v) is 1.29. The molecule has 2 rings (SSSR count). The lowest BCUT2D eigenvalue weighted by atomic mass is 10.2. The Kier molecular flexibility index (Phi) is 2.74. The quantitative estimate of drug-likeness (QED) is 0.813. The normalized spacial score (nSPS) is 10.6. The molecule has 0 amide bonds. The molecule has 2 N–H and O–H groups in total. The van der Waals surface area contributed by atoms with Crippen molar-refractivity contribution < 1.29 is 19.5 Å². The van der Waals surface area contributed by atoms with E-state index in [-0.39, 0.29) is 29.6 Å². The topological polar surface area (TPSA) is 88.6 Å². The van der Waals surface area contributed by atoms with E-state index in [9.17, 15) is 10.2 Å². The molecule has 6 heteroatoms. The van der Waals surface area contributed by atoms with E-state index < -0.39 is 0 Å². The maximum Gasteiger partial charge on any atom is 0.265 e. The van der Waals surface area contributed by atoms with Crippen LogP contribution in [0.2, 0.25) is 0 Å². The van der Waals surface area contributed by atoms with Crippen molar-refractivity contribution in [2.75, 3.05) is 7.11 Å². The molecule has 0 fully saturated rings. The minimum Gasteiger partial charge on any atom is -0.507 e. The lowest BCUT2D eigenvalue weighted by molar-refractivity contribution is 0.174. The molecule has 1 heterocycles. The third-order valence-corrected chi connectivity index (χ3v) is 1.98. The van der Waals surface area contributed by atoms with Gasteiger partial charge in [0.1, 0.15) is 23.7 Å². The highest BCUT2D eigenvalue weighted by Crippen LogP contribution is 2.35. The van der Waals surface area contributed by atoms with Gasteiger partial charge < -0.3 is 19.5 Å². The zero-order valence-corrected chi connectivity index (χ0v) is 8.54. The van der Waals surface area contributed by atoms with E-state index in [0.717, 1.165) is 0 Å². The Labute approximate surface area is 91.1 Å². The van der Waals surface area contributed by atoms with Gasteiger partial charge in [-0.2, -0.15) is 4.98 Å². The lowest BCUT2D eigenvalue weighted by Crippen LogP contribution is -1.89. The number of aromatic hydroxyl groups is 2. The van der Waals surface area contributed by atoms with Crippen LogP contribution in [0.25, 0.3) is 11.5 Å². The predicted molar refractivity (Wildman–Crippen MR) is 53.8 cm³/mol. The first kappa shape index (κ1) is 10.4. The van der Waals surface area contributed by atoms with Crippen LogP contribution in [0.15, 0.2) is 22.7 Å². The Bertz CT molecular complexity index is 475. The second-order valence-electron chi connectivity index (χ2n) is 3.12. The summed E-state index contributed by atoms with van der Waals surface area (Å²) in [6, 6.07) is 4.37. The van der Waals surface area contributed by atoms with E-state index in [2.05, 4.69) is 10.1 Å². The van der Waals surface area contributed by atoms with E-state index >= 15 is 0 Å². The molecular formula is C10H10N2O4. The molecule has 0 aliphatic rings. The van der Waals surface area contributed by atoms with Gasteiger partial charge in [-0.1, -0.05) is 11.2 Å². The summed E-state index contributed by atoms with van der Waals surface area (Å²) in [5.41, 5.74) is 0.123. The molecule has 0 saturated heterocycles. The van der Waals surface area contributed by atoms with E-state index in [4.69, 9.17) is 9.26 Å². The van der Waals surface area contributed by atoms with E-state index in [1.54, 1.807) is 0 Å². The van der Waals surface area contributed by atoms with Crippen molar-refractivity contribution in [2.45, 2.75) is 6.61 Å². The van der Waals surface area contributed by atoms with Gasteiger partial charge in [-0.05, 0) is 12.1 Å². The monoisotopic (exact) mass is 222 g/mol. The summed E-state index contributed by atoms with van der Waals surface area (Å²) in [4.78, 5) is 3.97. The van der Waals surface area contributed by atoms with Gasteiger partial charge in [-0.15, -0.1) is 0 Å². The van der Waals surface area contributed by atoms with Crippen molar-refractivity contribution in [1.29, 1.82) is 0 Å². The number of hydrogen-bond acceptors (Lipinski definition) is 6. The number of methoxy groups -OCH3 is 1.